The van der Waals surface area contributed by atoms with E-state index >= 15 is 0 Å². The van der Waals surface area contributed by atoms with Crippen LogP contribution in [0.25, 0.3) is 11.3 Å². The van der Waals surface area contributed by atoms with E-state index in [9.17, 15) is 5.11 Å². The van der Waals surface area contributed by atoms with Crippen molar-refractivity contribution in [2.24, 2.45) is 5.92 Å². The third-order valence-electron chi connectivity index (χ3n) is 5.05. The Balaban J connectivity index is 1.66. The molecule has 3 aromatic rings. The van der Waals surface area contributed by atoms with Crippen LogP contribution in [0.4, 0.5) is 0 Å². The summed E-state index contributed by atoms with van der Waals surface area (Å²) in [6.45, 7) is 0. The van der Waals surface area contributed by atoms with Gasteiger partial charge in [0.15, 0.2) is 0 Å². The molecule has 0 spiro atoms. The number of hydrogen-bond donors (Lipinski definition) is 1. The largest absolute Gasteiger partial charge is 0.388 e. The fraction of sp³-hybridized carbons (Fsp3) is 0.222. The van der Waals surface area contributed by atoms with Gasteiger partial charge in [0.25, 0.3) is 0 Å². The van der Waals surface area contributed by atoms with E-state index in [1.54, 1.807) is 12.4 Å². The molecule has 0 saturated carbocycles. The molecule has 3 heterocycles. The van der Waals surface area contributed by atoms with Crippen molar-refractivity contribution in [2.45, 2.75) is 18.6 Å². The number of fused-ring (bicyclic) bond motifs is 4. The van der Waals surface area contributed by atoms with Crippen LogP contribution in [0.1, 0.15) is 28.8 Å². The minimum atomic E-state index is -0.477. The van der Waals surface area contributed by atoms with Crippen LogP contribution in [-0.4, -0.2) is 19.6 Å². The summed E-state index contributed by atoms with van der Waals surface area (Å²) in [4.78, 5) is 8.47. The summed E-state index contributed by atoms with van der Waals surface area (Å²) in [5.41, 5.74) is 5.83. The summed E-state index contributed by atoms with van der Waals surface area (Å²) < 4.78 is 2.21. The van der Waals surface area contributed by atoms with Crippen LogP contribution in [0.15, 0.2) is 55.2 Å². The first-order valence-electron chi connectivity index (χ1n) is 7.56. The molecule has 22 heavy (non-hydrogen) atoms. The van der Waals surface area contributed by atoms with Gasteiger partial charge in [-0.1, -0.05) is 24.3 Å². The maximum Gasteiger partial charge on any atom is 0.0956 e. The first kappa shape index (κ1) is 12.1. The first-order chi connectivity index (χ1) is 10.8. The van der Waals surface area contributed by atoms with Gasteiger partial charge < -0.3 is 9.67 Å². The number of rotatable bonds is 1. The van der Waals surface area contributed by atoms with Gasteiger partial charge in [0.2, 0.25) is 0 Å². The molecular formula is C18H15N3O. The quantitative estimate of drug-likeness (QED) is 0.749. The highest BCUT2D eigenvalue weighted by atomic mass is 16.3. The summed E-state index contributed by atoms with van der Waals surface area (Å²) in [6, 6.07) is 10.6. The molecule has 4 heteroatoms. The Morgan fingerprint density at radius 1 is 1.05 bits per heavy atom. The molecule has 1 N–H and O–H groups in total. The van der Waals surface area contributed by atoms with Crippen molar-refractivity contribution >= 4 is 0 Å². The maximum atomic E-state index is 10.8. The standard InChI is InChI=1S/C18H15N3O/c22-18-14(7-11-5-6-19-8-15(11)18)17-13-4-2-1-3-12(13)16-9-20-10-21(16)17/h1-6,8-10,14,17-18,22H,7H2/t14?,17-,18?/m1/s1. The lowest BCUT2D eigenvalue weighted by Crippen LogP contribution is -2.21. The molecule has 1 aliphatic heterocycles. The minimum absolute atomic E-state index is 0.121. The smallest absolute Gasteiger partial charge is 0.0956 e. The van der Waals surface area contributed by atoms with Gasteiger partial charge in [0, 0.05) is 29.4 Å². The van der Waals surface area contributed by atoms with Gasteiger partial charge in [-0.25, -0.2) is 4.98 Å². The number of pyridine rings is 1. The van der Waals surface area contributed by atoms with E-state index in [-0.39, 0.29) is 12.0 Å². The first-order valence-corrected chi connectivity index (χ1v) is 7.56. The van der Waals surface area contributed by atoms with Crippen LogP contribution < -0.4 is 0 Å². The van der Waals surface area contributed by atoms with Gasteiger partial charge in [0.1, 0.15) is 0 Å². The highest BCUT2D eigenvalue weighted by molar-refractivity contribution is 5.69. The van der Waals surface area contributed by atoms with Crippen molar-refractivity contribution in [3.05, 3.63) is 71.9 Å². The Labute approximate surface area is 128 Å². The summed E-state index contributed by atoms with van der Waals surface area (Å²) >= 11 is 0. The van der Waals surface area contributed by atoms with Crippen LogP contribution >= 0.6 is 0 Å². The molecule has 1 aliphatic carbocycles. The van der Waals surface area contributed by atoms with Gasteiger partial charge in [-0.15, -0.1) is 0 Å². The van der Waals surface area contributed by atoms with Crippen molar-refractivity contribution in [3.63, 3.8) is 0 Å². The minimum Gasteiger partial charge on any atom is -0.388 e. The number of aliphatic hydroxyl groups is 1. The molecule has 1 aromatic carbocycles. The van der Waals surface area contributed by atoms with E-state index in [4.69, 9.17) is 0 Å². The van der Waals surface area contributed by atoms with Crippen molar-refractivity contribution in [1.82, 2.24) is 14.5 Å². The van der Waals surface area contributed by atoms with Crippen molar-refractivity contribution in [2.75, 3.05) is 0 Å². The molecule has 0 bridgehead atoms. The van der Waals surface area contributed by atoms with Gasteiger partial charge >= 0.3 is 0 Å². The molecule has 2 aromatic heterocycles. The number of hydrogen-bond acceptors (Lipinski definition) is 3. The Morgan fingerprint density at radius 2 is 1.95 bits per heavy atom. The third kappa shape index (κ3) is 1.45. The van der Waals surface area contributed by atoms with E-state index in [0.29, 0.717) is 0 Å². The van der Waals surface area contributed by atoms with Crippen molar-refractivity contribution in [3.8, 4) is 11.3 Å². The molecule has 4 nitrogen and oxygen atoms in total. The Bertz CT molecular complexity index is 870. The highest BCUT2D eigenvalue weighted by Gasteiger charge is 2.42. The van der Waals surface area contributed by atoms with Crippen LogP contribution in [0.2, 0.25) is 0 Å². The van der Waals surface area contributed by atoms with Gasteiger partial charge in [-0.3, -0.25) is 4.98 Å². The molecule has 0 fully saturated rings. The summed E-state index contributed by atoms with van der Waals surface area (Å²) in [7, 11) is 0. The van der Waals surface area contributed by atoms with E-state index < -0.39 is 6.10 Å². The fourth-order valence-electron chi connectivity index (χ4n) is 4.08. The summed E-state index contributed by atoms with van der Waals surface area (Å²) in [6.07, 6.45) is 7.79. The Morgan fingerprint density at radius 3 is 2.86 bits per heavy atom. The zero-order valence-electron chi connectivity index (χ0n) is 11.9. The molecule has 3 atom stereocenters. The molecule has 2 unspecified atom stereocenters. The Kier molecular flexibility index (Phi) is 2.35. The van der Waals surface area contributed by atoms with E-state index in [1.165, 1.54) is 16.7 Å². The average Bonchev–Trinajstić information content (AvgIpc) is 3.21. The molecular weight excluding hydrogens is 274 g/mol. The zero-order valence-corrected chi connectivity index (χ0v) is 11.9. The fourth-order valence-corrected chi connectivity index (χ4v) is 4.08. The SMILES string of the molecule is OC1c2cnccc2CC1[C@H]1c2ccccc2-c2cncn21. The molecule has 0 amide bonds. The van der Waals surface area contributed by atoms with Crippen molar-refractivity contribution in [1.29, 1.82) is 0 Å². The average molecular weight is 289 g/mol. The molecule has 0 saturated heterocycles. The zero-order chi connectivity index (χ0) is 14.7. The van der Waals surface area contributed by atoms with E-state index in [1.807, 2.05) is 18.6 Å². The number of imidazole rings is 1. The van der Waals surface area contributed by atoms with Crippen LogP contribution in [0, 0.1) is 5.92 Å². The normalized spacial score (nSPS) is 24.9. The summed E-state index contributed by atoms with van der Waals surface area (Å²) in [5, 5.41) is 10.8. The number of aliphatic hydroxyl groups excluding tert-OH is 1. The topological polar surface area (TPSA) is 50.9 Å². The molecule has 2 aliphatic rings. The molecule has 5 rings (SSSR count). The van der Waals surface area contributed by atoms with Gasteiger partial charge in [-0.2, -0.15) is 0 Å². The second-order valence-corrected chi connectivity index (χ2v) is 6.11. The summed E-state index contributed by atoms with van der Waals surface area (Å²) in [5.74, 6) is 0.121. The van der Waals surface area contributed by atoms with Crippen LogP contribution in [0.5, 0.6) is 0 Å². The number of benzene rings is 1. The van der Waals surface area contributed by atoms with Gasteiger partial charge in [0.05, 0.1) is 30.4 Å². The second kappa shape index (κ2) is 4.27. The Hall–Kier alpha value is -2.46. The number of nitrogens with zero attached hydrogens (tertiary/aromatic N) is 3. The monoisotopic (exact) mass is 289 g/mol. The molecule has 0 radical (unpaired) electrons. The van der Waals surface area contributed by atoms with Crippen LogP contribution in [0.3, 0.4) is 0 Å². The van der Waals surface area contributed by atoms with E-state index in [0.717, 1.165) is 17.7 Å². The second-order valence-electron chi connectivity index (χ2n) is 6.11. The predicted molar refractivity (Wildman–Crippen MR) is 82.2 cm³/mol. The third-order valence-corrected chi connectivity index (χ3v) is 5.05. The lowest BCUT2D eigenvalue weighted by molar-refractivity contribution is 0.101. The molecule has 108 valence electrons. The lowest BCUT2D eigenvalue weighted by atomic mass is 9.88. The van der Waals surface area contributed by atoms with Crippen LogP contribution in [-0.2, 0) is 6.42 Å². The lowest BCUT2D eigenvalue weighted by Gasteiger charge is -2.25. The van der Waals surface area contributed by atoms with Crippen molar-refractivity contribution < 1.29 is 5.11 Å². The highest BCUT2D eigenvalue weighted by Crippen LogP contribution is 2.50. The maximum absolute atomic E-state index is 10.8. The predicted octanol–water partition coefficient (Wildman–Crippen LogP) is 2.75. The van der Waals surface area contributed by atoms with E-state index in [2.05, 4.69) is 38.8 Å². The van der Waals surface area contributed by atoms with Gasteiger partial charge in [-0.05, 0) is 23.6 Å². The number of aromatic nitrogens is 3.